The lowest BCUT2D eigenvalue weighted by Crippen LogP contribution is -2.30. The highest BCUT2D eigenvalue weighted by Crippen LogP contribution is 2.18. The van der Waals surface area contributed by atoms with Crippen LogP contribution < -0.4 is 5.32 Å². The second kappa shape index (κ2) is 4.40. The molecule has 0 aliphatic carbocycles. The number of nitrogens with one attached hydrogen (secondary N) is 1. The summed E-state index contributed by atoms with van der Waals surface area (Å²) in [6, 6.07) is -0.263. The maximum atomic E-state index is 11.4. The molecule has 3 nitrogen and oxygen atoms in total. The second-order valence-electron chi connectivity index (χ2n) is 2.33. The molecule has 5 heteroatoms. The first-order valence-corrected chi connectivity index (χ1v) is 5.18. The van der Waals surface area contributed by atoms with E-state index in [2.05, 4.69) is 32.2 Å². The van der Waals surface area contributed by atoms with Crippen molar-refractivity contribution in [3.8, 4) is 12.3 Å². The van der Waals surface area contributed by atoms with Crippen LogP contribution in [0.5, 0.6) is 0 Å². The minimum absolute atomic E-state index is 0.195. The van der Waals surface area contributed by atoms with Gasteiger partial charge in [0.1, 0.15) is 9.48 Å². The number of nitrogens with zero attached hydrogens (tertiary/aromatic N) is 1. The van der Waals surface area contributed by atoms with Gasteiger partial charge in [-0.1, -0.05) is 5.92 Å². The van der Waals surface area contributed by atoms with E-state index in [1.807, 2.05) is 0 Å². The Morgan fingerprint density at radius 2 is 2.62 bits per heavy atom. The maximum Gasteiger partial charge on any atom is 0.265 e. The predicted molar refractivity (Wildman–Crippen MR) is 55.6 cm³/mol. The molecule has 0 aliphatic heterocycles. The zero-order chi connectivity index (χ0) is 9.84. The molecular formula is C8H7BrN2OS. The van der Waals surface area contributed by atoms with Crippen molar-refractivity contribution in [1.29, 1.82) is 0 Å². The van der Waals surface area contributed by atoms with Crippen molar-refractivity contribution in [2.45, 2.75) is 13.0 Å². The van der Waals surface area contributed by atoms with Crippen LogP contribution in [0.1, 0.15) is 16.6 Å². The molecule has 0 aromatic carbocycles. The van der Waals surface area contributed by atoms with Gasteiger partial charge in [-0.2, -0.15) is 0 Å². The van der Waals surface area contributed by atoms with E-state index in [-0.39, 0.29) is 11.9 Å². The van der Waals surface area contributed by atoms with Gasteiger partial charge in [-0.25, -0.2) is 4.98 Å². The van der Waals surface area contributed by atoms with Gasteiger partial charge in [0.2, 0.25) is 0 Å². The fraction of sp³-hybridized carbons (Fsp3) is 0.250. The van der Waals surface area contributed by atoms with Crippen LogP contribution in [0, 0.1) is 12.3 Å². The number of hydrogen-bond donors (Lipinski definition) is 1. The molecule has 1 aromatic heterocycles. The van der Waals surface area contributed by atoms with Crippen LogP contribution in [-0.4, -0.2) is 16.9 Å². The third kappa shape index (κ3) is 2.54. The van der Waals surface area contributed by atoms with Gasteiger partial charge >= 0.3 is 0 Å². The smallest absolute Gasteiger partial charge is 0.265 e. The summed E-state index contributed by atoms with van der Waals surface area (Å²) in [7, 11) is 0. The zero-order valence-electron chi connectivity index (χ0n) is 6.87. The van der Waals surface area contributed by atoms with Crippen LogP contribution in [0.25, 0.3) is 0 Å². The summed E-state index contributed by atoms with van der Waals surface area (Å²) in [5.74, 6) is 2.22. The Balaban J connectivity index is 2.71. The summed E-state index contributed by atoms with van der Waals surface area (Å²) in [6.07, 6.45) is 5.12. The molecule has 1 heterocycles. The summed E-state index contributed by atoms with van der Waals surface area (Å²) in [6.45, 7) is 1.74. The van der Waals surface area contributed by atoms with E-state index in [4.69, 9.17) is 6.42 Å². The number of thiazole rings is 1. The van der Waals surface area contributed by atoms with Crippen molar-refractivity contribution in [3.63, 3.8) is 0 Å². The fourth-order valence-electron chi connectivity index (χ4n) is 0.684. The van der Waals surface area contributed by atoms with Crippen LogP contribution in [-0.2, 0) is 0 Å². The van der Waals surface area contributed by atoms with Gasteiger partial charge in [0.05, 0.1) is 11.6 Å². The van der Waals surface area contributed by atoms with Crippen LogP contribution in [0.4, 0.5) is 0 Å². The molecule has 1 atom stereocenters. The van der Waals surface area contributed by atoms with E-state index < -0.39 is 0 Å². The Morgan fingerprint density at radius 3 is 3.08 bits per heavy atom. The number of carbonyl (C=O) groups excluding carboxylic acids is 1. The van der Waals surface area contributed by atoms with Gasteiger partial charge in [0, 0.05) is 0 Å². The van der Waals surface area contributed by atoms with E-state index in [9.17, 15) is 4.79 Å². The van der Waals surface area contributed by atoms with E-state index >= 15 is 0 Å². The number of terminal acetylenes is 1. The molecule has 1 amide bonds. The maximum absolute atomic E-state index is 11.4. The SMILES string of the molecule is C#CC(C)NC(=O)c1scnc1Br. The molecule has 0 bridgehead atoms. The largest absolute Gasteiger partial charge is 0.338 e. The van der Waals surface area contributed by atoms with Gasteiger partial charge in [0.25, 0.3) is 5.91 Å². The summed E-state index contributed by atoms with van der Waals surface area (Å²) in [4.78, 5) is 15.9. The average Bonchev–Trinajstić information content (AvgIpc) is 2.51. The molecule has 0 fully saturated rings. The Bertz CT molecular complexity index is 355. The molecule has 0 saturated heterocycles. The molecule has 68 valence electrons. The van der Waals surface area contributed by atoms with Crippen molar-refractivity contribution in [1.82, 2.24) is 10.3 Å². The van der Waals surface area contributed by atoms with Crippen molar-refractivity contribution in [2.75, 3.05) is 0 Å². The summed E-state index contributed by atoms with van der Waals surface area (Å²) >= 11 is 4.44. The minimum atomic E-state index is -0.263. The average molecular weight is 259 g/mol. The molecule has 0 spiro atoms. The lowest BCUT2D eigenvalue weighted by Gasteiger charge is -2.05. The molecule has 0 aliphatic rings. The van der Waals surface area contributed by atoms with Gasteiger partial charge in [-0.3, -0.25) is 4.79 Å². The molecule has 13 heavy (non-hydrogen) atoms. The van der Waals surface area contributed by atoms with Crippen molar-refractivity contribution >= 4 is 33.2 Å². The quantitative estimate of drug-likeness (QED) is 0.820. The standard InChI is InChI=1S/C8H7BrN2OS/c1-3-5(2)11-8(12)6-7(9)10-4-13-6/h1,4-5H,2H3,(H,11,12). The highest BCUT2D eigenvalue weighted by molar-refractivity contribution is 9.10. The number of carbonyl (C=O) groups is 1. The van der Waals surface area contributed by atoms with Crippen LogP contribution in [0.2, 0.25) is 0 Å². The Hall–Kier alpha value is -0.860. The molecule has 1 rings (SSSR count). The Morgan fingerprint density at radius 1 is 1.92 bits per heavy atom. The molecule has 0 radical (unpaired) electrons. The molecular weight excluding hydrogens is 252 g/mol. The predicted octanol–water partition coefficient (Wildman–Crippen LogP) is 1.66. The van der Waals surface area contributed by atoms with Gasteiger partial charge < -0.3 is 5.32 Å². The Kier molecular flexibility index (Phi) is 3.46. The number of hydrogen-bond acceptors (Lipinski definition) is 3. The fourth-order valence-corrected chi connectivity index (χ4v) is 1.96. The van der Waals surface area contributed by atoms with Gasteiger partial charge in [-0.05, 0) is 22.9 Å². The van der Waals surface area contributed by atoms with E-state index in [0.717, 1.165) is 0 Å². The number of amides is 1. The minimum Gasteiger partial charge on any atom is -0.338 e. The topological polar surface area (TPSA) is 42.0 Å². The first-order valence-electron chi connectivity index (χ1n) is 3.51. The highest BCUT2D eigenvalue weighted by atomic mass is 79.9. The van der Waals surface area contributed by atoms with Crippen molar-refractivity contribution in [2.24, 2.45) is 0 Å². The third-order valence-corrected chi connectivity index (χ3v) is 3.02. The summed E-state index contributed by atoms with van der Waals surface area (Å²) in [5, 5.41) is 2.64. The van der Waals surface area contributed by atoms with E-state index in [1.54, 1.807) is 12.4 Å². The van der Waals surface area contributed by atoms with E-state index in [0.29, 0.717) is 9.48 Å². The molecule has 1 unspecified atom stereocenters. The van der Waals surface area contributed by atoms with Crippen molar-refractivity contribution in [3.05, 3.63) is 15.0 Å². The summed E-state index contributed by atoms with van der Waals surface area (Å²) in [5.41, 5.74) is 1.60. The van der Waals surface area contributed by atoms with Crippen LogP contribution in [0.3, 0.4) is 0 Å². The number of aromatic nitrogens is 1. The molecule has 0 saturated carbocycles. The highest BCUT2D eigenvalue weighted by Gasteiger charge is 2.13. The van der Waals surface area contributed by atoms with Gasteiger partial charge in [0.15, 0.2) is 0 Å². The first-order chi connectivity index (χ1) is 6.15. The molecule has 1 aromatic rings. The normalized spacial score (nSPS) is 11.8. The van der Waals surface area contributed by atoms with Gasteiger partial charge in [-0.15, -0.1) is 17.8 Å². The Labute approximate surface area is 88.7 Å². The van der Waals surface area contributed by atoms with E-state index in [1.165, 1.54) is 11.3 Å². The lowest BCUT2D eigenvalue weighted by atomic mass is 10.3. The third-order valence-electron chi connectivity index (χ3n) is 1.33. The first kappa shape index (κ1) is 10.2. The van der Waals surface area contributed by atoms with Crippen LogP contribution in [0.15, 0.2) is 10.1 Å². The van der Waals surface area contributed by atoms with Crippen LogP contribution >= 0.6 is 27.3 Å². The summed E-state index contributed by atoms with van der Waals surface area (Å²) < 4.78 is 0.555. The van der Waals surface area contributed by atoms with Crippen molar-refractivity contribution < 1.29 is 4.79 Å². The second-order valence-corrected chi connectivity index (χ2v) is 3.94. The zero-order valence-corrected chi connectivity index (χ0v) is 9.28. The lowest BCUT2D eigenvalue weighted by molar-refractivity contribution is 0.0951. The monoisotopic (exact) mass is 258 g/mol. The number of rotatable bonds is 2. The molecule has 1 N–H and O–H groups in total. The number of halogens is 1.